The molecule has 8 heteroatoms. The number of rotatable bonds is 4. The topological polar surface area (TPSA) is 96.8 Å². The van der Waals surface area contributed by atoms with Crippen molar-refractivity contribution in [2.75, 3.05) is 4.90 Å². The maximum Gasteiger partial charge on any atom is 0.296 e. The molecular formula is C21H14N2O5S. The summed E-state index contributed by atoms with van der Waals surface area (Å²) < 4.78 is 11.6. The molecule has 1 unspecified atom stereocenters. The first kappa shape index (κ1) is 17.4. The molecule has 0 saturated carbocycles. The van der Waals surface area contributed by atoms with Gasteiger partial charge in [0.2, 0.25) is 5.78 Å². The lowest BCUT2D eigenvalue weighted by atomic mass is 10.00. The van der Waals surface area contributed by atoms with E-state index in [0.29, 0.717) is 10.9 Å². The minimum atomic E-state index is -0.947. The summed E-state index contributed by atoms with van der Waals surface area (Å²) in [5.74, 6) is -1.56. The van der Waals surface area contributed by atoms with Crippen molar-refractivity contribution in [3.8, 4) is 0 Å². The van der Waals surface area contributed by atoms with Crippen LogP contribution in [-0.2, 0) is 4.79 Å². The highest BCUT2D eigenvalue weighted by Crippen LogP contribution is 2.44. The zero-order valence-corrected chi connectivity index (χ0v) is 16.0. The first-order chi connectivity index (χ1) is 14.0. The molecule has 1 amide bonds. The SMILES string of the molecule is Cc1ccc2nc(N3C(=O)C(O)=C(C(=O)c4ccco4)C3c3ccco3)sc2c1. The fourth-order valence-electron chi connectivity index (χ4n) is 3.41. The molecule has 4 heterocycles. The molecule has 5 rings (SSSR count). The first-order valence-corrected chi connectivity index (χ1v) is 9.61. The number of hydrogen-bond donors (Lipinski definition) is 1. The van der Waals surface area contributed by atoms with E-state index in [2.05, 4.69) is 4.98 Å². The van der Waals surface area contributed by atoms with Crippen molar-refractivity contribution in [1.82, 2.24) is 4.98 Å². The number of amides is 1. The highest BCUT2D eigenvalue weighted by Gasteiger charge is 2.47. The van der Waals surface area contributed by atoms with Gasteiger partial charge in [-0.25, -0.2) is 4.98 Å². The van der Waals surface area contributed by atoms with Crippen molar-refractivity contribution >= 4 is 38.4 Å². The summed E-state index contributed by atoms with van der Waals surface area (Å²) in [6.07, 6.45) is 2.81. The van der Waals surface area contributed by atoms with Crippen LogP contribution in [0.1, 0.15) is 27.9 Å². The number of aliphatic hydroxyl groups is 1. The molecule has 0 radical (unpaired) electrons. The Bertz CT molecular complexity index is 1270. The lowest BCUT2D eigenvalue weighted by Gasteiger charge is -2.21. The molecule has 1 N–H and O–H groups in total. The number of nitrogens with zero attached hydrogens (tertiary/aromatic N) is 2. The van der Waals surface area contributed by atoms with Gasteiger partial charge in [0.1, 0.15) is 11.8 Å². The maximum absolute atomic E-state index is 13.0. The Labute approximate surface area is 168 Å². The smallest absolute Gasteiger partial charge is 0.296 e. The predicted octanol–water partition coefficient (Wildman–Crippen LogP) is 4.57. The van der Waals surface area contributed by atoms with Gasteiger partial charge in [0.25, 0.3) is 5.91 Å². The Kier molecular flexibility index (Phi) is 3.88. The number of benzene rings is 1. The zero-order chi connectivity index (χ0) is 20.1. The predicted molar refractivity (Wildman–Crippen MR) is 106 cm³/mol. The van der Waals surface area contributed by atoms with Crippen molar-refractivity contribution in [2.45, 2.75) is 13.0 Å². The third kappa shape index (κ3) is 2.68. The molecule has 7 nitrogen and oxygen atoms in total. The largest absolute Gasteiger partial charge is 0.503 e. The Hall–Kier alpha value is -3.65. The van der Waals surface area contributed by atoms with Gasteiger partial charge in [-0.15, -0.1) is 0 Å². The Morgan fingerprint density at radius 1 is 1.17 bits per heavy atom. The standard InChI is InChI=1S/C21H14N2O5S/c1-11-6-7-12-15(10-11)29-21(22-12)23-17(13-4-2-8-27-13)16(19(25)20(23)26)18(24)14-5-3-9-28-14/h2-10,17,25H,1H3. The van der Waals surface area contributed by atoms with Crippen molar-refractivity contribution in [3.63, 3.8) is 0 Å². The second-order valence-electron chi connectivity index (χ2n) is 6.63. The van der Waals surface area contributed by atoms with Crippen LogP contribution in [0, 0.1) is 6.92 Å². The number of fused-ring (bicyclic) bond motifs is 1. The number of ketones is 1. The highest BCUT2D eigenvalue weighted by molar-refractivity contribution is 7.22. The van der Waals surface area contributed by atoms with Crippen LogP contribution in [-0.4, -0.2) is 21.8 Å². The summed E-state index contributed by atoms with van der Waals surface area (Å²) in [5, 5.41) is 11.0. The quantitative estimate of drug-likeness (QED) is 0.499. The number of aromatic nitrogens is 1. The first-order valence-electron chi connectivity index (χ1n) is 8.80. The molecule has 1 atom stereocenters. The molecule has 1 aliphatic heterocycles. The number of aliphatic hydroxyl groups excluding tert-OH is 1. The Morgan fingerprint density at radius 2 is 1.97 bits per heavy atom. The van der Waals surface area contributed by atoms with E-state index < -0.39 is 23.5 Å². The van der Waals surface area contributed by atoms with Crippen LogP contribution in [0.5, 0.6) is 0 Å². The van der Waals surface area contributed by atoms with Gasteiger partial charge in [0.15, 0.2) is 16.7 Å². The minimum Gasteiger partial charge on any atom is -0.503 e. The summed E-state index contributed by atoms with van der Waals surface area (Å²) in [5.41, 5.74) is 1.69. The Balaban J connectivity index is 1.67. The lowest BCUT2D eigenvalue weighted by molar-refractivity contribution is -0.117. The number of anilines is 1. The molecule has 144 valence electrons. The van der Waals surface area contributed by atoms with Gasteiger partial charge in [-0.05, 0) is 48.9 Å². The maximum atomic E-state index is 13.0. The third-order valence-electron chi connectivity index (χ3n) is 4.75. The van der Waals surface area contributed by atoms with Crippen molar-refractivity contribution in [2.24, 2.45) is 0 Å². The molecule has 1 aromatic carbocycles. The van der Waals surface area contributed by atoms with Crippen LogP contribution in [0.15, 0.2) is 75.2 Å². The van der Waals surface area contributed by atoms with E-state index >= 15 is 0 Å². The van der Waals surface area contributed by atoms with E-state index in [0.717, 1.165) is 15.8 Å². The van der Waals surface area contributed by atoms with E-state index in [1.54, 1.807) is 18.2 Å². The van der Waals surface area contributed by atoms with Crippen LogP contribution in [0.25, 0.3) is 10.2 Å². The van der Waals surface area contributed by atoms with Crippen molar-refractivity contribution < 1.29 is 23.5 Å². The molecule has 1 aliphatic rings. The van der Waals surface area contributed by atoms with Crippen LogP contribution >= 0.6 is 11.3 Å². The number of carbonyl (C=O) groups is 2. The minimum absolute atomic E-state index is 0.0256. The second-order valence-corrected chi connectivity index (χ2v) is 7.64. The van der Waals surface area contributed by atoms with Crippen LogP contribution < -0.4 is 4.90 Å². The number of aryl methyl sites for hydroxylation is 1. The second kappa shape index (κ2) is 6.46. The van der Waals surface area contributed by atoms with E-state index in [4.69, 9.17) is 8.83 Å². The van der Waals surface area contributed by atoms with Crippen molar-refractivity contribution in [3.05, 3.63) is 83.4 Å². The summed E-state index contributed by atoms with van der Waals surface area (Å²) in [4.78, 5) is 31.9. The average molecular weight is 406 g/mol. The van der Waals surface area contributed by atoms with Crippen LogP contribution in [0.3, 0.4) is 0 Å². The summed E-state index contributed by atoms with van der Waals surface area (Å²) >= 11 is 1.31. The molecule has 4 aromatic rings. The summed E-state index contributed by atoms with van der Waals surface area (Å²) in [7, 11) is 0. The van der Waals surface area contributed by atoms with Gasteiger partial charge in [0, 0.05) is 0 Å². The molecule has 0 aliphatic carbocycles. The van der Waals surface area contributed by atoms with E-state index in [1.807, 2.05) is 25.1 Å². The van der Waals surface area contributed by atoms with Crippen LogP contribution in [0.4, 0.5) is 5.13 Å². The molecule has 0 spiro atoms. The van der Waals surface area contributed by atoms with E-state index in [1.165, 1.54) is 34.8 Å². The molecule has 3 aromatic heterocycles. The highest BCUT2D eigenvalue weighted by atomic mass is 32.1. The Morgan fingerprint density at radius 3 is 2.69 bits per heavy atom. The molecular weight excluding hydrogens is 392 g/mol. The van der Waals surface area contributed by atoms with Crippen molar-refractivity contribution in [1.29, 1.82) is 0 Å². The lowest BCUT2D eigenvalue weighted by Crippen LogP contribution is -2.30. The van der Waals surface area contributed by atoms with Gasteiger partial charge in [0.05, 0.1) is 28.3 Å². The van der Waals surface area contributed by atoms with Gasteiger partial charge in [-0.1, -0.05) is 17.4 Å². The number of hydrogen-bond acceptors (Lipinski definition) is 7. The molecule has 0 saturated heterocycles. The summed E-state index contributed by atoms with van der Waals surface area (Å²) in [6, 6.07) is 11.2. The fraction of sp³-hybridized carbons (Fsp3) is 0.0952. The average Bonchev–Trinajstić information content (AvgIpc) is 3.49. The normalized spacial score (nSPS) is 16.9. The number of furan rings is 2. The van der Waals surface area contributed by atoms with Gasteiger partial charge in [-0.2, -0.15) is 0 Å². The number of Topliss-reactive ketones (excluding diaryl/α,β-unsaturated/α-hetero) is 1. The van der Waals surface area contributed by atoms with E-state index in [9.17, 15) is 14.7 Å². The van der Waals surface area contributed by atoms with Gasteiger partial charge < -0.3 is 13.9 Å². The van der Waals surface area contributed by atoms with Crippen LogP contribution in [0.2, 0.25) is 0 Å². The van der Waals surface area contributed by atoms with Gasteiger partial charge >= 0.3 is 0 Å². The third-order valence-corrected chi connectivity index (χ3v) is 5.77. The molecule has 0 bridgehead atoms. The fourth-order valence-corrected chi connectivity index (χ4v) is 4.50. The van der Waals surface area contributed by atoms with Gasteiger partial charge in [-0.3, -0.25) is 14.5 Å². The molecule has 29 heavy (non-hydrogen) atoms. The number of carbonyl (C=O) groups excluding carboxylic acids is 2. The zero-order valence-electron chi connectivity index (χ0n) is 15.2. The summed E-state index contributed by atoms with van der Waals surface area (Å²) in [6.45, 7) is 1.97. The van der Waals surface area contributed by atoms with E-state index in [-0.39, 0.29) is 11.3 Å². The monoisotopic (exact) mass is 406 g/mol. The number of thiazole rings is 1. The molecule has 0 fully saturated rings.